The Bertz CT molecular complexity index is 651. The molecule has 2 heterocycles. The van der Waals surface area contributed by atoms with E-state index in [1.165, 1.54) is 23.1 Å². The Morgan fingerprint density at radius 3 is 2.67 bits per heavy atom. The number of nitrogens with two attached hydrogens (primary N) is 1. The molecule has 0 spiro atoms. The van der Waals surface area contributed by atoms with Gasteiger partial charge in [-0.15, -0.1) is 10.2 Å². The number of rotatable bonds is 3. The second kappa shape index (κ2) is 4.75. The van der Waals surface area contributed by atoms with Crippen molar-refractivity contribution in [2.45, 2.75) is 9.37 Å². The largest absolute Gasteiger partial charge is 0.374 e. The van der Waals surface area contributed by atoms with Gasteiger partial charge >= 0.3 is 0 Å². The van der Waals surface area contributed by atoms with E-state index in [4.69, 9.17) is 10.4 Å². The lowest BCUT2D eigenvalue weighted by molar-refractivity contribution is 0.299. The first kappa shape index (κ1) is 11.2. The molecule has 0 bridgehead atoms. The molecule has 6 nitrogen and oxygen atoms in total. The van der Waals surface area contributed by atoms with Crippen molar-refractivity contribution >= 4 is 28.2 Å². The van der Waals surface area contributed by atoms with Gasteiger partial charge in [0.25, 0.3) is 0 Å². The molecule has 0 saturated heterocycles. The molecule has 0 atom stereocenters. The second-order valence-electron chi connectivity index (χ2n) is 3.29. The van der Waals surface area contributed by atoms with E-state index in [1.807, 2.05) is 30.3 Å². The number of hydrogen-bond donors (Lipinski definition) is 1. The van der Waals surface area contributed by atoms with Crippen LogP contribution in [-0.2, 0) is 0 Å². The zero-order chi connectivity index (χ0) is 12.4. The zero-order valence-corrected chi connectivity index (χ0v) is 10.6. The van der Waals surface area contributed by atoms with Crippen LogP contribution in [0.5, 0.6) is 0 Å². The normalized spacial score (nSPS) is 10.7. The third-order valence-corrected chi connectivity index (χ3v) is 3.88. The van der Waals surface area contributed by atoms with E-state index < -0.39 is 0 Å². The summed E-state index contributed by atoms with van der Waals surface area (Å²) in [6, 6.07) is 9.69. The van der Waals surface area contributed by atoms with E-state index in [0.717, 1.165) is 5.56 Å². The fourth-order valence-electron chi connectivity index (χ4n) is 1.36. The maximum absolute atomic E-state index is 5.53. The first-order valence-corrected chi connectivity index (χ1v) is 6.61. The lowest BCUT2D eigenvalue weighted by Crippen LogP contribution is -1.81. The molecule has 2 N–H and O–H groups in total. The Morgan fingerprint density at radius 1 is 1.11 bits per heavy atom. The molecule has 2 aromatic heterocycles. The van der Waals surface area contributed by atoms with Crippen LogP contribution in [0.4, 0.5) is 5.13 Å². The molecule has 90 valence electrons. The summed E-state index contributed by atoms with van der Waals surface area (Å²) in [4.78, 5) is 0. The van der Waals surface area contributed by atoms with Crippen molar-refractivity contribution in [3.05, 3.63) is 30.3 Å². The number of benzene rings is 1. The SMILES string of the molecule is Nc1nnc(Sc2nonc2-c2ccccc2)s1. The van der Waals surface area contributed by atoms with Gasteiger partial charge in [0.2, 0.25) is 5.13 Å². The number of anilines is 1. The average Bonchev–Trinajstić information content (AvgIpc) is 3.00. The molecule has 0 saturated carbocycles. The van der Waals surface area contributed by atoms with Gasteiger partial charge < -0.3 is 5.73 Å². The summed E-state index contributed by atoms with van der Waals surface area (Å²) in [5.74, 6) is 0. The number of hydrogen-bond acceptors (Lipinski definition) is 8. The molecule has 0 amide bonds. The van der Waals surface area contributed by atoms with E-state index in [2.05, 4.69) is 20.5 Å². The Hall–Kier alpha value is -1.93. The predicted molar refractivity (Wildman–Crippen MR) is 68.2 cm³/mol. The van der Waals surface area contributed by atoms with Crippen molar-refractivity contribution in [1.82, 2.24) is 20.5 Å². The monoisotopic (exact) mass is 277 g/mol. The third kappa shape index (κ3) is 2.20. The quantitative estimate of drug-likeness (QED) is 0.785. The van der Waals surface area contributed by atoms with Crippen molar-refractivity contribution in [3.63, 3.8) is 0 Å². The topological polar surface area (TPSA) is 90.7 Å². The predicted octanol–water partition coefficient (Wildman–Crippen LogP) is 2.32. The first-order valence-electron chi connectivity index (χ1n) is 4.98. The van der Waals surface area contributed by atoms with Crippen LogP contribution in [0.3, 0.4) is 0 Å². The van der Waals surface area contributed by atoms with Crippen molar-refractivity contribution in [3.8, 4) is 11.3 Å². The summed E-state index contributed by atoms with van der Waals surface area (Å²) in [7, 11) is 0. The minimum absolute atomic E-state index is 0.426. The van der Waals surface area contributed by atoms with Gasteiger partial charge in [0.15, 0.2) is 9.37 Å². The Balaban J connectivity index is 1.93. The fourth-order valence-corrected chi connectivity index (χ4v) is 2.94. The van der Waals surface area contributed by atoms with E-state index in [0.29, 0.717) is 20.2 Å². The highest BCUT2D eigenvalue weighted by atomic mass is 32.2. The van der Waals surface area contributed by atoms with Crippen LogP contribution in [0.15, 0.2) is 44.3 Å². The minimum atomic E-state index is 0.426. The molecule has 0 unspecified atom stereocenters. The van der Waals surface area contributed by atoms with Crippen LogP contribution < -0.4 is 5.73 Å². The molecule has 3 rings (SSSR count). The van der Waals surface area contributed by atoms with E-state index in [-0.39, 0.29) is 0 Å². The number of aromatic nitrogens is 4. The van der Waals surface area contributed by atoms with E-state index in [9.17, 15) is 0 Å². The number of nitrogens with zero attached hydrogens (tertiary/aromatic N) is 4. The summed E-state index contributed by atoms with van der Waals surface area (Å²) in [5.41, 5.74) is 7.16. The molecular weight excluding hydrogens is 270 g/mol. The van der Waals surface area contributed by atoms with Crippen LogP contribution in [0, 0.1) is 0 Å². The molecule has 8 heteroatoms. The average molecular weight is 277 g/mol. The summed E-state index contributed by atoms with van der Waals surface area (Å²) in [6.45, 7) is 0. The maximum atomic E-state index is 5.53. The van der Waals surface area contributed by atoms with Crippen LogP contribution >= 0.6 is 23.1 Å². The maximum Gasteiger partial charge on any atom is 0.203 e. The summed E-state index contributed by atoms with van der Waals surface area (Å²) in [6.07, 6.45) is 0. The van der Waals surface area contributed by atoms with Gasteiger partial charge in [-0.2, -0.15) is 0 Å². The highest BCUT2D eigenvalue weighted by Gasteiger charge is 2.15. The van der Waals surface area contributed by atoms with Gasteiger partial charge in [0.05, 0.1) is 0 Å². The van der Waals surface area contributed by atoms with Crippen LogP contribution in [-0.4, -0.2) is 20.5 Å². The second-order valence-corrected chi connectivity index (χ2v) is 5.54. The molecule has 0 aliphatic heterocycles. The molecular formula is C10H7N5OS2. The van der Waals surface area contributed by atoms with Gasteiger partial charge in [-0.25, -0.2) is 4.63 Å². The lowest BCUT2D eigenvalue weighted by Gasteiger charge is -1.96. The first-order chi connectivity index (χ1) is 8.83. The van der Waals surface area contributed by atoms with E-state index in [1.54, 1.807) is 0 Å². The minimum Gasteiger partial charge on any atom is -0.374 e. The van der Waals surface area contributed by atoms with Gasteiger partial charge in [-0.05, 0) is 22.1 Å². The van der Waals surface area contributed by atoms with Gasteiger partial charge in [-0.3, -0.25) is 0 Å². The highest BCUT2D eigenvalue weighted by molar-refractivity contribution is 8.01. The Kier molecular flexibility index (Phi) is 2.95. The molecule has 0 radical (unpaired) electrons. The smallest absolute Gasteiger partial charge is 0.203 e. The standard InChI is InChI=1S/C10H7N5OS2/c11-9-12-13-10(18-9)17-8-7(14-16-15-8)6-4-2-1-3-5-6/h1-5H,(H2,11,12). The fraction of sp³-hybridized carbons (Fsp3) is 0. The van der Waals surface area contributed by atoms with Gasteiger partial charge in [0, 0.05) is 5.56 Å². The summed E-state index contributed by atoms with van der Waals surface area (Å²) < 4.78 is 5.49. The Labute approximate surface area is 110 Å². The molecule has 1 aromatic carbocycles. The molecule has 3 aromatic rings. The number of nitrogen functional groups attached to an aromatic ring is 1. The molecule has 0 fully saturated rings. The van der Waals surface area contributed by atoms with Crippen molar-refractivity contribution in [2.24, 2.45) is 0 Å². The molecule has 0 aliphatic rings. The van der Waals surface area contributed by atoms with E-state index >= 15 is 0 Å². The van der Waals surface area contributed by atoms with Crippen LogP contribution in [0.2, 0.25) is 0 Å². The summed E-state index contributed by atoms with van der Waals surface area (Å²) in [5, 5.41) is 16.5. The van der Waals surface area contributed by atoms with Crippen LogP contribution in [0.1, 0.15) is 0 Å². The van der Waals surface area contributed by atoms with Crippen LogP contribution in [0.25, 0.3) is 11.3 Å². The highest BCUT2D eigenvalue weighted by Crippen LogP contribution is 2.35. The van der Waals surface area contributed by atoms with Crippen molar-refractivity contribution in [1.29, 1.82) is 0 Å². The van der Waals surface area contributed by atoms with Gasteiger partial charge in [-0.1, -0.05) is 41.7 Å². The lowest BCUT2D eigenvalue weighted by atomic mass is 10.2. The van der Waals surface area contributed by atoms with Crippen molar-refractivity contribution < 1.29 is 4.63 Å². The molecule has 18 heavy (non-hydrogen) atoms. The Morgan fingerprint density at radius 2 is 1.94 bits per heavy atom. The molecule has 0 aliphatic carbocycles. The third-order valence-electron chi connectivity index (χ3n) is 2.11. The zero-order valence-electron chi connectivity index (χ0n) is 8.98. The summed E-state index contributed by atoms with van der Waals surface area (Å²) >= 11 is 2.63. The van der Waals surface area contributed by atoms with Crippen molar-refractivity contribution in [2.75, 3.05) is 5.73 Å². The van der Waals surface area contributed by atoms with Gasteiger partial charge in [0.1, 0.15) is 5.69 Å².